The number of carbonyl (C=O) groups is 1. The lowest BCUT2D eigenvalue weighted by Crippen LogP contribution is -2.40. The molecule has 33 heavy (non-hydrogen) atoms. The molecule has 2 aromatic carbocycles. The van der Waals surface area contributed by atoms with Gasteiger partial charge in [-0.05, 0) is 54.1 Å². The smallest absolute Gasteiger partial charge is 0.255 e. The number of benzene rings is 2. The van der Waals surface area contributed by atoms with E-state index in [-0.39, 0.29) is 32.0 Å². The zero-order chi connectivity index (χ0) is 23.3. The minimum absolute atomic E-state index is 0.156. The van der Waals surface area contributed by atoms with Crippen molar-refractivity contribution in [2.45, 2.75) is 15.5 Å². The maximum Gasteiger partial charge on any atom is 0.255 e. The number of carbonyl (C=O) groups excluding carboxylic acids is 1. The molecule has 0 atom stereocenters. The molecule has 1 N–H and O–H groups in total. The lowest BCUT2D eigenvalue weighted by Gasteiger charge is -2.26. The minimum Gasteiger partial charge on any atom is -0.379 e. The molecule has 0 unspecified atom stereocenters. The maximum absolute atomic E-state index is 14.4. The Kier molecular flexibility index (Phi) is 7.39. The summed E-state index contributed by atoms with van der Waals surface area (Å²) in [6.45, 7) is 0.828. The molecule has 7 nitrogen and oxygen atoms in total. The van der Waals surface area contributed by atoms with Crippen LogP contribution in [0, 0.1) is 5.82 Å². The van der Waals surface area contributed by atoms with Gasteiger partial charge in [0.05, 0.1) is 13.2 Å². The second-order valence-electron chi connectivity index (χ2n) is 7.29. The largest absolute Gasteiger partial charge is 0.379 e. The van der Waals surface area contributed by atoms with Gasteiger partial charge >= 0.3 is 0 Å². The average Bonchev–Trinajstić information content (AvgIpc) is 2.85. The Bertz CT molecular complexity index is 1220. The maximum atomic E-state index is 14.4. The molecule has 1 aliphatic heterocycles. The van der Waals surface area contributed by atoms with E-state index in [9.17, 15) is 17.6 Å². The quantitative estimate of drug-likeness (QED) is 0.510. The van der Waals surface area contributed by atoms with Gasteiger partial charge in [0.25, 0.3) is 5.91 Å². The highest BCUT2D eigenvalue weighted by molar-refractivity contribution is 7.98. The monoisotopic (exact) mass is 487 g/mol. The number of nitrogens with zero attached hydrogens (tertiary/aromatic N) is 2. The lowest BCUT2D eigenvalue weighted by molar-refractivity contribution is 0.0729. The van der Waals surface area contributed by atoms with E-state index in [0.29, 0.717) is 5.56 Å². The summed E-state index contributed by atoms with van der Waals surface area (Å²) in [6, 6.07) is 14.5. The summed E-state index contributed by atoms with van der Waals surface area (Å²) in [7, 11) is -4.03. The summed E-state index contributed by atoms with van der Waals surface area (Å²) >= 11 is 1.62. The molecule has 0 saturated carbocycles. The van der Waals surface area contributed by atoms with E-state index >= 15 is 0 Å². The minimum atomic E-state index is -4.03. The molecular weight excluding hydrogens is 465 g/mol. The van der Waals surface area contributed by atoms with Crippen LogP contribution in [-0.2, 0) is 20.5 Å². The third-order valence-corrected chi connectivity index (χ3v) is 8.02. The Morgan fingerprint density at radius 3 is 2.58 bits per heavy atom. The van der Waals surface area contributed by atoms with Crippen LogP contribution in [0.15, 0.2) is 76.8 Å². The fourth-order valence-corrected chi connectivity index (χ4v) is 5.59. The number of sulfonamides is 1. The number of halogens is 1. The molecule has 1 aliphatic rings. The Morgan fingerprint density at radius 2 is 1.88 bits per heavy atom. The van der Waals surface area contributed by atoms with Crippen molar-refractivity contribution >= 4 is 33.4 Å². The molecule has 0 radical (unpaired) electrons. The van der Waals surface area contributed by atoms with E-state index in [1.807, 2.05) is 30.5 Å². The van der Waals surface area contributed by atoms with E-state index in [0.717, 1.165) is 28.3 Å². The molecule has 1 fully saturated rings. The number of ether oxygens (including phenoxy) is 1. The molecule has 172 valence electrons. The number of amides is 1. The van der Waals surface area contributed by atoms with Crippen LogP contribution in [0.2, 0.25) is 0 Å². The number of hydrogen-bond acceptors (Lipinski definition) is 6. The van der Waals surface area contributed by atoms with Crippen LogP contribution in [0.3, 0.4) is 0 Å². The number of pyridine rings is 1. The first-order valence-electron chi connectivity index (χ1n) is 10.2. The second kappa shape index (κ2) is 10.4. The standard InChI is InChI=1S/C23H22FN3O4S2/c24-21-8-5-19(14-22(21)33(29,30)27-10-12-31-13-11-27)26-23(28)18-3-6-20(7-4-18)32-16-17-2-1-9-25-15-17/h1-9,14-15H,10-13,16H2,(H,26,28). The summed E-state index contributed by atoms with van der Waals surface area (Å²) in [6.07, 6.45) is 3.54. The van der Waals surface area contributed by atoms with Gasteiger partial charge in [-0.25, -0.2) is 12.8 Å². The van der Waals surface area contributed by atoms with Crippen molar-refractivity contribution in [2.24, 2.45) is 0 Å². The van der Waals surface area contributed by atoms with Crippen LogP contribution in [0.1, 0.15) is 15.9 Å². The van der Waals surface area contributed by atoms with Crippen LogP contribution in [0.4, 0.5) is 10.1 Å². The third kappa shape index (κ3) is 5.77. The van der Waals surface area contributed by atoms with Crippen LogP contribution < -0.4 is 5.32 Å². The predicted molar refractivity (Wildman–Crippen MR) is 124 cm³/mol. The zero-order valence-electron chi connectivity index (χ0n) is 17.6. The van der Waals surface area contributed by atoms with Gasteiger partial charge in [0, 0.05) is 47.4 Å². The molecule has 3 aromatic rings. The number of anilines is 1. The van der Waals surface area contributed by atoms with Crippen molar-refractivity contribution in [3.63, 3.8) is 0 Å². The van der Waals surface area contributed by atoms with Gasteiger partial charge in [-0.3, -0.25) is 9.78 Å². The van der Waals surface area contributed by atoms with Crippen molar-refractivity contribution in [3.05, 3.63) is 83.9 Å². The number of hydrogen-bond donors (Lipinski definition) is 1. The molecule has 1 amide bonds. The van der Waals surface area contributed by atoms with E-state index in [4.69, 9.17) is 4.74 Å². The molecule has 0 aliphatic carbocycles. The highest BCUT2D eigenvalue weighted by Gasteiger charge is 2.29. The molecule has 2 heterocycles. The van der Waals surface area contributed by atoms with Crippen LogP contribution in [0.25, 0.3) is 0 Å². The normalized spacial score (nSPS) is 14.7. The number of thioether (sulfide) groups is 1. The van der Waals surface area contributed by atoms with Gasteiger partial charge in [0.2, 0.25) is 10.0 Å². The molecule has 10 heteroatoms. The molecule has 1 saturated heterocycles. The van der Waals surface area contributed by atoms with Gasteiger partial charge in [0.1, 0.15) is 10.7 Å². The predicted octanol–water partition coefficient (Wildman–Crippen LogP) is 3.79. The highest BCUT2D eigenvalue weighted by Crippen LogP contribution is 2.25. The highest BCUT2D eigenvalue weighted by atomic mass is 32.2. The van der Waals surface area contributed by atoms with Crippen molar-refractivity contribution in [1.29, 1.82) is 0 Å². The van der Waals surface area contributed by atoms with Crippen LogP contribution >= 0.6 is 11.8 Å². The Labute approximate surface area is 196 Å². The van der Waals surface area contributed by atoms with Gasteiger partial charge in [-0.1, -0.05) is 6.07 Å². The Balaban J connectivity index is 1.43. The summed E-state index contributed by atoms with van der Waals surface area (Å²) in [5.41, 5.74) is 1.70. The zero-order valence-corrected chi connectivity index (χ0v) is 19.2. The lowest BCUT2D eigenvalue weighted by atomic mass is 10.2. The van der Waals surface area contributed by atoms with Crippen molar-refractivity contribution < 1.29 is 22.3 Å². The van der Waals surface area contributed by atoms with Crippen molar-refractivity contribution in [2.75, 3.05) is 31.6 Å². The number of aromatic nitrogens is 1. The number of morpholine rings is 1. The number of nitrogens with one attached hydrogen (secondary N) is 1. The first-order valence-corrected chi connectivity index (χ1v) is 12.7. The van der Waals surface area contributed by atoms with Crippen LogP contribution in [-0.4, -0.2) is 49.9 Å². The molecular formula is C23H22FN3O4S2. The molecule has 0 bridgehead atoms. The topological polar surface area (TPSA) is 88.6 Å². The summed E-state index contributed by atoms with van der Waals surface area (Å²) < 4.78 is 46.4. The van der Waals surface area contributed by atoms with E-state index < -0.39 is 26.6 Å². The molecule has 4 rings (SSSR count). The second-order valence-corrected chi connectivity index (χ2v) is 10.2. The SMILES string of the molecule is O=C(Nc1ccc(F)c(S(=O)(=O)N2CCOCC2)c1)c1ccc(SCc2cccnc2)cc1. The van der Waals surface area contributed by atoms with E-state index in [2.05, 4.69) is 10.3 Å². The first kappa shape index (κ1) is 23.4. The average molecular weight is 488 g/mol. The Hall–Kier alpha value is -2.79. The number of rotatable bonds is 7. The summed E-state index contributed by atoms with van der Waals surface area (Å²) in [4.78, 5) is 17.3. The van der Waals surface area contributed by atoms with Gasteiger partial charge in [0.15, 0.2) is 0 Å². The summed E-state index contributed by atoms with van der Waals surface area (Å²) in [5, 5.41) is 2.65. The van der Waals surface area contributed by atoms with E-state index in [1.54, 1.807) is 30.1 Å². The first-order chi connectivity index (χ1) is 15.9. The van der Waals surface area contributed by atoms with Gasteiger partial charge in [-0.15, -0.1) is 11.8 Å². The fraction of sp³-hybridized carbons (Fsp3) is 0.217. The van der Waals surface area contributed by atoms with Gasteiger partial charge < -0.3 is 10.1 Å². The van der Waals surface area contributed by atoms with E-state index in [1.165, 1.54) is 10.4 Å². The van der Waals surface area contributed by atoms with Crippen molar-refractivity contribution in [1.82, 2.24) is 9.29 Å². The third-order valence-electron chi connectivity index (χ3n) is 5.02. The fourth-order valence-electron chi connectivity index (χ4n) is 3.26. The Morgan fingerprint density at radius 1 is 1.12 bits per heavy atom. The molecule has 1 aromatic heterocycles. The molecule has 0 spiro atoms. The van der Waals surface area contributed by atoms with Crippen molar-refractivity contribution in [3.8, 4) is 0 Å². The van der Waals surface area contributed by atoms with Gasteiger partial charge in [-0.2, -0.15) is 4.31 Å². The van der Waals surface area contributed by atoms with Crippen LogP contribution in [0.5, 0.6) is 0 Å². The summed E-state index contributed by atoms with van der Waals surface area (Å²) in [5.74, 6) is -0.523.